The Kier molecular flexibility index (Phi) is 3.09. The smallest absolute Gasteiger partial charge is 0.174 e. The van der Waals surface area contributed by atoms with Crippen molar-refractivity contribution in [2.45, 2.75) is 0 Å². The zero-order chi connectivity index (χ0) is 14.1. The van der Waals surface area contributed by atoms with Crippen molar-refractivity contribution in [3.05, 3.63) is 48.5 Å². The van der Waals surface area contributed by atoms with Crippen LogP contribution in [0.2, 0.25) is 0 Å². The minimum Gasteiger partial charge on any atom is -0.378 e. The second kappa shape index (κ2) is 5.22. The summed E-state index contributed by atoms with van der Waals surface area (Å²) in [5.74, 6) is 0.834. The summed E-state index contributed by atoms with van der Waals surface area (Å²) in [7, 11) is 0. The molecule has 1 aliphatic rings. The van der Waals surface area contributed by atoms with Crippen LogP contribution in [0.1, 0.15) is 0 Å². The van der Waals surface area contributed by atoms with Crippen molar-refractivity contribution in [3.8, 4) is 11.3 Å². The van der Waals surface area contributed by atoms with Crippen LogP contribution in [0.5, 0.6) is 0 Å². The van der Waals surface area contributed by atoms with E-state index in [4.69, 9.17) is 9.26 Å². The molecule has 0 amide bonds. The van der Waals surface area contributed by atoms with E-state index in [9.17, 15) is 0 Å². The zero-order valence-electron chi connectivity index (χ0n) is 11.7. The average molecular weight is 280 g/mol. The summed E-state index contributed by atoms with van der Waals surface area (Å²) < 4.78 is 11.0. The second-order valence-corrected chi connectivity index (χ2v) is 5.18. The molecular formula is C17H16N2O2. The van der Waals surface area contributed by atoms with Crippen LogP contribution >= 0.6 is 0 Å². The molecule has 0 bridgehead atoms. The van der Waals surface area contributed by atoms with Gasteiger partial charge in [-0.15, -0.1) is 0 Å². The largest absolute Gasteiger partial charge is 0.378 e. The topological polar surface area (TPSA) is 38.5 Å². The summed E-state index contributed by atoms with van der Waals surface area (Å²) in [6, 6.07) is 16.4. The van der Waals surface area contributed by atoms with Crippen LogP contribution in [0.4, 0.5) is 5.69 Å². The maximum absolute atomic E-state index is 5.55. The molecule has 106 valence electrons. The summed E-state index contributed by atoms with van der Waals surface area (Å²) in [4.78, 5) is 2.34. The zero-order valence-corrected chi connectivity index (χ0v) is 11.7. The maximum atomic E-state index is 5.55. The Labute approximate surface area is 122 Å². The fraction of sp³-hybridized carbons (Fsp3) is 0.235. The van der Waals surface area contributed by atoms with E-state index in [0.717, 1.165) is 48.5 Å². The van der Waals surface area contributed by atoms with E-state index >= 15 is 0 Å². The highest BCUT2D eigenvalue weighted by Gasteiger charge is 2.15. The molecule has 0 aliphatic carbocycles. The molecule has 1 aromatic heterocycles. The molecule has 2 heterocycles. The number of anilines is 1. The van der Waals surface area contributed by atoms with Crippen molar-refractivity contribution in [1.29, 1.82) is 0 Å². The maximum Gasteiger partial charge on any atom is 0.174 e. The fourth-order valence-corrected chi connectivity index (χ4v) is 2.75. The van der Waals surface area contributed by atoms with E-state index < -0.39 is 0 Å². The average Bonchev–Trinajstić information content (AvgIpc) is 2.99. The molecule has 21 heavy (non-hydrogen) atoms. The van der Waals surface area contributed by atoms with Gasteiger partial charge in [-0.25, -0.2) is 0 Å². The molecule has 0 radical (unpaired) electrons. The van der Waals surface area contributed by atoms with Crippen LogP contribution in [0.25, 0.3) is 22.2 Å². The minimum atomic E-state index is 0.785. The lowest BCUT2D eigenvalue weighted by atomic mass is 10.1. The normalized spacial score (nSPS) is 15.5. The molecule has 3 aromatic rings. The highest BCUT2D eigenvalue weighted by atomic mass is 16.5. The van der Waals surface area contributed by atoms with E-state index in [2.05, 4.69) is 22.2 Å². The number of fused-ring (bicyclic) bond motifs is 1. The number of aromatic nitrogens is 1. The molecule has 0 atom stereocenters. The summed E-state index contributed by atoms with van der Waals surface area (Å²) in [6.07, 6.45) is 0. The van der Waals surface area contributed by atoms with Gasteiger partial charge in [0.1, 0.15) is 5.52 Å². The Balaban J connectivity index is 1.79. The first kappa shape index (κ1) is 12.4. The monoisotopic (exact) mass is 280 g/mol. The number of nitrogens with zero attached hydrogens (tertiary/aromatic N) is 2. The Morgan fingerprint density at radius 2 is 1.76 bits per heavy atom. The quantitative estimate of drug-likeness (QED) is 0.721. The van der Waals surface area contributed by atoms with Crippen LogP contribution < -0.4 is 4.90 Å². The van der Waals surface area contributed by atoms with E-state index in [-0.39, 0.29) is 0 Å². The van der Waals surface area contributed by atoms with Crippen LogP contribution in [0, 0.1) is 0 Å². The first-order valence-corrected chi connectivity index (χ1v) is 7.19. The van der Waals surface area contributed by atoms with Gasteiger partial charge in [-0.1, -0.05) is 35.5 Å². The minimum absolute atomic E-state index is 0.785. The lowest BCUT2D eigenvalue weighted by Gasteiger charge is -2.28. The van der Waals surface area contributed by atoms with Gasteiger partial charge in [0.25, 0.3) is 0 Å². The molecule has 4 nitrogen and oxygen atoms in total. The van der Waals surface area contributed by atoms with Crippen molar-refractivity contribution < 1.29 is 9.26 Å². The van der Waals surface area contributed by atoms with Gasteiger partial charge in [-0.05, 0) is 18.2 Å². The summed E-state index contributed by atoms with van der Waals surface area (Å²) in [5.41, 5.74) is 3.15. The summed E-state index contributed by atoms with van der Waals surface area (Å²) in [5, 5.41) is 5.22. The van der Waals surface area contributed by atoms with E-state index in [1.54, 1.807) is 0 Å². The van der Waals surface area contributed by atoms with Gasteiger partial charge in [-0.2, -0.15) is 0 Å². The van der Waals surface area contributed by atoms with Gasteiger partial charge in [0.2, 0.25) is 0 Å². The van der Waals surface area contributed by atoms with Gasteiger partial charge in [0.15, 0.2) is 5.76 Å². The Bertz CT molecular complexity index is 746. The van der Waals surface area contributed by atoms with Crippen molar-refractivity contribution in [2.75, 3.05) is 31.2 Å². The lowest BCUT2D eigenvalue weighted by Crippen LogP contribution is -2.36. The lowest BCUT2D eigenvalue weighted by molar-refractivity contribution is 0.122. The van der Waals surface area contributed by atoms with E-state index in [1.165, 1.54) is 5.69 Å². The molecule has 4 rings (SSSR count). The van der Waals surface area contributed by atoms with Gasteiger partial charge in [-0.3, -0.25) is 0 Å². The van der Waals surface area contributed by atoms with Crippen LogP contribution in [0.3, 0.4) is 0 Å². The molecule has 0 unspecified atom stereocenters. The van der Waals surface area contributed by atoms with E-state index in [0.29, 0.717) is 0 Å². The Morgan fingerprint density at radius 1 is 0.952 bits per heavy atom. The third-order valence-electron chi connectivity index (χ3n) is 3.87. The molecule has 2 aromatic carbocycles. The van der Waals surface area contributed by atoms with Gasteiger partial charge in [0, 0.05) is 24.3 Å². The number of hydrogen-bond donors (Lipinski definition) is 0. The number of hydrogen-bond acceptors (Lipinski definition) is 4. The van der Waals surface area contributed by atoms with E-state index in [1.807, 2.05) is 36.4 Å². The molecule has 0 spiro atoms. The van der Waals surface area contributed by atoms with Crippen molar-refractivity contribution in [3.63, 3.8) is 0 Å². The molecule has 1 fully saturated rings. The van der Waals surface area contributed by atoms with Gasteiger partial charge < -0.3 is 14.2 Å². The molecule has 4 heteroatoms. The Morgan fingerprint density at radius 3 is 2.57 bits per heavy atom. The van der Waals surface area contributed by atoms with Gasteiger partial charge in [0.05, 0.1) is 18.6 Å². The Hall–Kier alpha value is -2.33. The van der Waals surface area contributed by atoms with Crippen molar-refractivity contribution in [1.82, 2.24) is 5.16 Å². The fourth-order valence-electron chi connectivity index (χ4n) is 2.75. The van der Waals surface area contributed by atoms with Gasteiger partial charge >= 0.3 is 0 Å². The molecule has 1 aliphatic heterocycles. The number of benzene rings is 2. The molecule has 0 N–H and O–H groups in total. The molecule has 0 saturated carbocycles. The molecular weight excluding hydrogens is 264 g/mol. The highest BCUT2D eigenvalue weighted by molar-refractivity contribution is 5.93. The first-order chi connectivity index (χ1) is 10.4. The summed E-state index contributed by atoms with van der Waals surface area (Å²) >= 11 is 0. The van der Waals surface area contributed by atoms with Crippen LogP contribution in [-0.4, -0.2) is 31.5 Å². The third-order valence-corrected chi connectivity index (χ3v) is 3.87. The SMILES string of the molecule is c1ccc(-c2onc3ccc(N4CCOCC4)cc23)cc1. The second-order valence-electron chi connectivity index (χ2n) is 5.18. The van der Waals surface area contributed by atoms with Crippen LogP contribution in [0.15, 0.2) is 53.1 Å². The number of morpholine rings is 1. The predicted molar refractivity (Wildman–Crippen MR) is 82.5 cm³/mol. The number of rotatable bonds is 2. The number of ether oxygens (including phenoxy) is 1. The first-order valence-electron chi connectivity index (χ1n) is 7.19. The van der Waals surface area contributed by atoms with Crippen molar-refractivity contribution >= 4 is 16.6 Å². The predicted octanol–water partition coefficient (Wildman–Crippen LogP) is 3.33. The third kappa shape index (κ3) is 2.28. The van der Waals surface area contributed by atoms with Crippen molar-refractivity contribution in [2.24, 2.45) is 0 Å². The standard InChI is InChI=1S/C17H16N2O2/c1-2-4-13(5-3-1)17-15-12-14(6-7-16(15)18-21-17)19-8-10-20-11-9-19/h1-7,12H,8-11H2. The molecule has 1 saturated heterocycles. The van der Waals surface area contributed by atoms with Crippen LogP contribution in [-0.2, 0) is 4.74 Å². The summed E-state index contributed by atoms with van der Waals surface area (Å²) in [6.45, 7) is 3.43. The highest BCUT2D eigenvalue weighted by Crippen LogP contribution is 2.31.